The molecule has 4 atom stereocenters. The quantitative estimate of drug-likeness (QED) is 0.506. The first-order chi connectivity index (χ1) is 15.6. The molecule has 5 heteroatoms. The Morgan fingerprint density at radius 1 is 1.09 bits per heavy atom. The molecule has 0 unspecified atom stereocenters. The Bertz CT molecular complexity index is 1040. The number of anilines is 1. The van der Waals surface area contributed by atoms with E-state index >= 15 is 0 Å². The van der Waals surface area contributed by atoms with E-state index in [4.69, 9.17) is 4.74 Å². The van der Waals surface area contributed by atoms with Gasteiger partial charge in [0.05, 0.1) is 12.5 Å². The summed E-state index contributed by atoms with van der Waals surface area (Å²) in [5, 5.41) is 3.02. The summed E-state index contributed by atoms with van der Waals surface area (Å²) in [5.74, 6) is -2.23. The fraction of sp³-hybridized carbons (Fsp3) is 0.370. The van der Waals surface area contributed by atoms with Crippen molar-refractivity contribution in [1.82, 2.24) is 0 Å². The van der Waals surface area contributed by atoms with Gasteiger partial charge in [0.2, 0.25) is 5.91 Å². The second-order valence-electron chi connectivity index (χ2n) is 8.53. The van der Waals surface area contributed by atoms with Crippen molar-refractivity contribution in [2.45, 2.75) is 44.4 Å². The molecule has 4 rings (SSSR count). The Hall–Kier alpha value is -3.21. The SMILES string of the molecule is CCCC[C@H]1C=C(C=O)[C@H](c2ccccc2)[C@]2(C(=O)Nc3ccccc32)[C@@H]1C(=O)OCC. The van der Waals surface area contributed by atoms with E-state index in [0.717, 1.165) is 30.3 Å². The number of ether oxygens (including phenoxy) is 1. The monoisotopic (exact) mass is 431 g/mol. The van der Waals surface area contributed by atoms with Crippen LogP contribution in [0.4, 0.5) is 5.69 Å². The fourth-order valence-corrected chi connectivity index (χ4v) is 5.61. The van der Waals surface area contributed by atoms with E-state index in [2.05, 4.69) is 12.2 Å². The minimum Gasteiger partial charge on any atom is -0.466 e. The van der Waals surface area contributed by atoms with Crippen molar-refractivity contribution in [1.29, 1.82) is 0 Å². The predicted molar refractivity (Wildman–Crippen MR) is 123 cm³/mol. The van der Waals surface area contributed by atoms with E-state index in [-0.39, 0.29) is 24.4 Å². The van der Waals surface area contributed by atoms with Gasteiger partial charge >= 0.3 is 5.97 Å². The van der Waals surface area contributed by atoms with Crippen LogP contribution in [0, 0.1) is 11.8 Å². The fourth-order valence-electron chi connectivity index (χ4n) is 5.61. The zero-order chi connectivity index (χ0) is 22.7. The first-order valence-corrected chi connectivity index (χ1v) is 11.4. The molecule has 2 aliphatic rings. The standard InChI is InChI=1S/C27H29NO4/c1-3-5-11-19-16-20(17-29)23(18-12-7-6-8-13-18)27(24(19)25(30)32-4-2)21-14-9-10-15-22(21)28-26(27)31/h6-10,12-17,19,23-24H,3-5,11H2,1-2H3,(H,28,31)/t19-,23-,24-,27-/m0/s1. The van der Waals surface area contributed by atoms with Crippen molar-refractivity contribution < 1.29 is 19.1 Å². The number of esters is 1. The zero-order valence-corrected chi connectivity index (χ0v) is 18.5. The highest BCUT2D eigenvalue weighted by molar-refractivity contribution is 6.11. The Kier molecular flexibility index (Phi) is 6.26. The van der Waals surface area contributed by atoms with Crippen LogP contribution in [-0.4, -0.2) is 24.8 Å². The van der Waals surface area contributed by atoms with Gasteiger partial charge in [-0.2, -0.15) is 0 Å². The largest absolute Gasteiger partial charge is 0.466 e. The molecule has 166 valence electrons. The van der Waals surface area contributed by atoms with Gasteiger partial charge in [0.1, 0.15) is 11.7 Å². The van der Waals surface area contributed by atoms with Gasteiger partial charge in [-0.15, -0.1) is 0 Å². The lowest BCUT2D eigenvalue weighted by molar-refractivity contribution is -0.156. The van der Waals surface area contributed by atoms with E-state index in [9.17, 15) is 14.4 Å². The molecule has 2 aromatic rings. The highest BCUT2D eigenvalue weighted by Crippen LogP contribution is 2.59. The minimum absolute atomic E-state index is 0.232. The number of hydrogen-bond donors (Lipinski definition) is 1. The number of fused-ring (bicyclic) bond motifs is 2. The molecule has 1 aliphatic heterocycles. The summed E-state index contributed by atoms with van der Waals surface area (Å²) >= 11 is 0. The van der Waals surface area contributed by atoms with Crippen LogP contribution in [0.5, 0.6) is 0 Å². The first kappa shape index (κ1) is 22.0. The molecule has 1 heterocycles. The third-order valence-corrected chi connectivity index (χ3v) is 6.81. The molecule has 0 saturated heterocycles. The van der Waals surface area contributed by atoms with E-state index in [1.165, 1.54) is 0 Å². The summed E-state index contributed by atoms with van der Waals surface area (Å²) in [5.41, 5.74) is 1.57. The van der Waals surface area contributed by atoms with Gasteiger partial charge in [-0.3, -0.25) is 14.4 Å². The summed E-state index contributed by atoms with van der Waals surface area (Å²) in [6.07, 6.45) is 5.32. The lowest BCUT2D eigenvalue weighted by Crippen LogP contribution is -2.55. The van der Waals surface area contributed by atoms with Crippen LogP contribution in [0.15, 0.2) is 66.2 Å². The maximum Gasteiger partial charge on any atom is 0.311 e. The molecule has 1 spiro atoms. The highest BCUT2D eigenvalue weighted by Gasteiger charge is 2.64. The molecule has 1 aliphatic carbocycles. The van der Waals surface area contributed by atoms with Crippen LogP contribution >= 0.6 is 0 Å². The van der Waals surface area contributed by atoms with Crippen LogP contribution in [-0.2, 0) is 24.5 Å². The molecule has 2 aromatic carbocycles. The van der Waals surface area contributed by atoms with Crippen molar-refractivity contribution in [3.63, 3.8) is 0 Å². The van der Waals surface area contributed by atoms with Crippen LogP contribution in [0.2, 0.25) is 0 Å². The number of hydrogen-bond acceptors (Lipinski definition) is 4. The van der Waals surface area contributed by atoms with Gasteiger partial charge in [-0.25, -0.2) is 0 Å². The van der Waals surface area contributed by atoms with E-state index in [1.54, 1.807) is 6.92 Å². The van der Waals surface area contributed by atoms with E-state index in [0.29, 0.717) is 17.7 Å². The number of aldehydes is 1. The summed E-state index contributed by atoms with van der Waals surface area (Å²) in [4.78, 5) is 39.9. The molecule has 0 saturated carbocycles. The van der Waals surface area contributed by atoms with Crippen molar-refractivity contribution in [3.8, 4) is 0 Å². The van der Waals surface area contributed by atoms with Gasteiger partial charge in [-0.1, -0.05) is 74.4 Å². The Balaban J connectivity index is 2.05. The van der Waals surface area contributed by atoms with Crippen molar-refractivity contribution in [2.24, 2.45) is 11.8 Å². The third kappa shape index (κ3) is 3.36. The average Bonchev–Trinajstić information content (AvgIpc) is 3.09. The number of unbranched alkanes of at least 4 members (excludes halogenated alkanes) is 1. The molecular formula is C27H29NO4. The van der Waals surface area contributed by atoms with Crippen LogP contribution < -0.4 is 5.32 Å². The molecular weight excluding hydrogens is 402 g/mol. The molecule has 5 nitrogen and oxygen atoms in total. The van der Waals surface area contributed by atoms with Gasteiger partial charge in [0.15, 0.2) is 0 Å². The zero-order valence-electron chi connectivity index (χ0n) is 18.5. The Morgan fingerprint density at radius 2 is 1.81 bits per heavy atom. The normalized spacial score (nSPS) is 26.2. The van der Waals surface area contributed by atoms with Crippen LogP contribution in [0.3, 0.4) is 0 Å². The summed E-state index contributed by atoms with van der Waals surface area (Å²) in [6.45, 7) is 4.10. The number of para-hydroxylation sites is 1. The molecule has 0 fully saturated rings. The highest BCUT2D eigenvalue weighted by atomic mass is 16.5. The summed E-state index contributed by atoms with van der Waals surface area (Å²) < 4.78 is 5.56. The predicted octanol–water partition coefficient (Wildman–Crippen LogP) is 4.78. The lowest BCUT2D eigenvalue weighted by atomic mass is 9.52. The van der Waals surface area contributed by atoms with Crippen molar-refractivity contribution in [3.05, 3.63) is 77.4 Å². The molecule has 1 amide bonds. The van der Waals surface area contributed by atoms with E-state index in [1.807, 2.05) is 60.7 Å². The van der Waals surface area contributed by atoms with Gasteiger partial charge in [0.25, 0.3) is 0 Å². The molecule has 0 radical (unpaired) electrons. The average molecular weight is 432 g/mol. The second-order valence-corrected chi connectivity index (χ2v) is 8.53. The van der Waals surface area contributed by atoms with Crippen molar-refractivity contribution >= 4 is 23.9 Å². The minimum atomic E-state index is -1.26. The third-order valence-electron chi connectivity index (χ3n) is 6.81. The number of allylic oxidation sites excluding steroid dienone is 2. The number of amides is 1. The van der Waals surface area contributed by atoms with Gasteiger partial charge in [0, 0.05) is 11.6 Å². The van der Waals surface area contributed by atoms with Crippen LogP contribution in [0.25, 0.3) is 0 Å². The van der Waals surface area contributed by atoms with Crippen molar-refractivity contribution in [2.75, 3.05) is 11.9 Å². The lowest BCUT2D eigenvalue weighted by Gasteiger charge is -2.47. The molecule has 0 aromatic heterocycles. The maximum atomic E-state index is 13.9. The second kappa shape index (κ2) is 9.11. The first-order valence-electron chi connectivity index (χ1n) is 11.4. The summed E-state index contributed by atoms with van der Waals surface area (Å²) in [6, 6.07) is 17.0. The molecule has 1 N–H and O–H groups in total. The smallest absolute Gasteiger partial charge is 0.311 e. The Labute approximate surface area is 188 Å². The number of carbonyl (C=O) groups is 3. The molecule has 32 heavy (non-hydrogen) atoms. The number of nitrogens with one attached hydrogen (secondary N) is 1. The molecule has 0 bridgehead atoms. The maximum absolute atomic E-state index is 13.9. The van der Waals surface area contributed by atoms with E-state index < -0.39 is 17.3 Å². The summed E-state index contributed by atoms with van der Waals surface area (Å²) in [7, 11) is 0. The number of carbonyl (C=O) groups excluding carboxylic acids is 3. The topological polar surface area (TPSA) is 72.5 Å². The number of benzene rings is 2. The van der Waals surface area contributed by atoms with Crippen LogP contribution in [0.1, 0.15) is 50.2 Å². The number of rotatable bonds is 7. The van der Waals surface area contributed by atoms with Gasteiger partial charge < -0.3 is 10.1 Å². The van der Waals surface area contributed by atoms with Gasteiger partial charge in [-0.05, 0) is 42.0 Å². The Morgan fingerprint density at radius 3 is 2.50 bits per heavy atom.